The Balaban J connectivity index is 2.28. The van der Waals surface area contributed by atoms with Crippen LogP contribution in [0, 0.1) is 6.92 Å². The van der Waals surface area contributed by atoms with Crippen LogP contribution in [0.25, 0.3) is 11.3 Å². The topological polar surface area (TPSA) is 57.5 Å². The van der Waals surface area contributed by atoms with Crippen LogP contribution in [0.3, 0.4) is 0 Å². The van der Waals surface area contributed by atoms with Gasteiger partial charge in [-0.25, -0.2) is 9.59 Å². The molecule has 3 rings (SSSR count). The SMILES string of the molecule is CCOc1c(C(C)=C2C(=O)OC(=O)C2=C(C)C)cc(C)n1-c1ccccc1. The van der Waals surface area contributed by atoms with Crippen LogP contribution < -0.4 is 4.74 Å². The van der Waals surface area contributed by atoms with Crippen LogP contribution in [0.5, 0.6) is 5.88 Å². The van der Waals surface area contributed by atoms with E-state index >= 15 is 0 Å². The van der Waals surface area contributed by atoms with Gasteiger partial charge in [-0.2, -0.15) is 0 Å². The van der Waals surface area contributed by atoms with Crippen molar-refractivity contribution in [2.45, 2.75) is 34.6 Å². The smallest absolute Gasteiger partial charge is 0.347 e. The quantitative estimate of drug-likeness (QED) is 0.458. The largest absolute Gasteiger partial charge is 0.478 e. The summed E-state index contributed by atoms with van der Waals surface area (Å²) in [7, 11) is 0. The molecular weight excluding hydrogens is 342 g/mol. The second kappa shape index (κ2) is 7.27. The minimum absolute atomic E-state index is 0.311. The summed E-state index contributed by atoms with van der Waals surface area (Å²) >= 11 is 0. The van der Waals surface area contributed by atoms with Crippen LogP contribution in [0.4, 0.5) is 0 Å². The van der Waals surface area contributed by atoms with E-state index in [-0.39, 0.29) is 0 Å². The van der Waals surface area contributed by atoms with Crippen LogP contribution in [0.1, 0.15) is 39.0 Å². The van der Waals surface area contributed by atoms with Gasteiger partial charge in [0.05, 0.1) is 17.8 Å². The van der Waals surface area contributed by atoms with Crippen molar-refractivity contribution >= 4 is 17.5 Å². The zero-order chi connectivity index (χ0) is 19.7. The van der Waals surface area contributed by atoms with Crippen LogP contribution in [0.2, 0.25) is 0 Å². The molecule has 27 heavy (non-hydrogen) atoms. The Morgan fingerprint density at radius 3 is 2.26 bits per heavy atom. The highest BCUT2D eigenvalue weighted by Crippen LogP contribution is 2.38. The number of esters is 2. The van der Waals surface area contributed by atoms with E-state index in [2.05, 4.69) is 0 Å². The highest BCUT2D eigenvalue weighted by molar-refractivity contribution is 6.22. The number of hydrogen-bond acceptors (Lipinski definition) is 4. The van der Waals surface area contributed by atoms with Gasteiger partial charge in [0, 0.05) is 16.9 Å². The summed E-state index contributed by atoms with van der Waals surface area (Å²) in [4.78, 5) is 24.5. The monoisotopic (exact) mass is 365 g/mol. The van der Waals surface area contributed by atoms with Crippen molar-refractivity contribution in [3.8, 4) is 11.6 Å². The van der Waals surface area contributed by atoms with Crippen LogP contribution >= 0.6 is 0 Å². The van der Waals surface area contributed by atoms with Gasteiger partial charge in [0.2, 0.25) is 5.88 Å². The molecule has 1 fully saturated rings. The van der Waals surface area contributed by atoms with E-state index < -0.39 is 11.9 Å². The van der Waals surface area contributed by atoms with E-state index in [1.807, 2.05) is 61.7 Å². The van der Waals surface area contributed by atoms with Gasteiger partial charge in [0.15, 0.2) is 0 Å². The number of allylic oxidation sites excluding steroid dienone is 2. The predicted molar refractivity (Wildman–Crippen MR) is 104 cm³/mol. The molecule has 0 radical (unpaired) electrons. The first-order valence-electron chi connectivity index (χ1n) is 8.93. The fourth-order valence-corrected chi connectivity index (χ4v) is 3.38. The van der Waals surface area contributed by atoms with Gasteiger partial charge >= 0.3 is 11.9 Å². The fourth-order valence-electron chi connectivity index (χ4n) is 3.38. The number of ether oxygens (including phenoxy) is 2. The summed E-state index contributed by atoms with van der Waals surface area (Å²) in [6.07, 6.45) is 0. The zero-order valence-electron chi connectivity index (χ0n) is 16.3. The molecule has 0 atom stereocenters. The van der Waals surface area contributed by atoms with E-state index in [1.54, 1.807) is 13.8 Å². The molecule has 5 heteroatoms. The molecule has 1 aromatic carbocycles. The van der Waals surface area contributed by atoms with Gasteiger partial charge in [-0.05, 0) is 58.4 Å². The molecule has 2 aromatic rings. The number of para-hydroxylation sites is 1. The third-order valence-corrected chi connectivity index (χ3v) is 4.56. The number of aromatic nitrogens is 1. The van der Waals surface area contributed by atoms with Gasteiger partial charge in [0.25, 0.3) is 0 Å². The summed E-state index contributed by atoms with van der Waals surface area (Å²) in [5, 5.41) is 0. The lowest BCUT2D eigenvalue weighted by atomic mass is 9.96. The summed E-state index contributed by atoms with van der Waals surface area (Å²) in [6.45, 7) is 9.80. The molecular formula is C22H23NO4. The fraction of sp³-hybridized carbons (Fsp3) is 0.273. The molecule has 0 N–H and O–H groups in total. The normalized spacial score (nSPS) is 15.8. The Morgan fingerprint density at radius 2 is 1.67 bits per heavy atom. The lowest BCUT2D eigenvalue weighted by Crippen LogP contribution is -2.05. The average molecular weight is 365 g/mol. The molecule has 0 aliphatic carbocycles. The van der Waals surface area contributed by atoms with Gasteiger partial charge in [-0.15, -0.1) is 0 Å². The molecule has 0 amide bonds. The maximum absolute atomic E-state index is 12.4. The third kappa shape index (κ3) is 3.21. The molecule has 1 saturated heterocycles. The molecule has 1 aliphatic rings. The number of rotatable bonds is 4. The zero-order valence-corrected chi connectivity index (χ0v) is 16.3. The molecule has 0 spiro atoms. The molecule has 140 valence electrons. The third-order valence-electron chi connectivity index (χ3n) is 4.56. The van der Waals surface area contributed by atoms with Gasteiger partial charge in [-0.3, -0.25) is 4.57 Å². The highest BCUT2D eigenvalue weighted by Gasteiger charge is 2.37. The number of aryl methyl sites for hydroxylation is 1. The van der Waals surface area contributed by atoms with Crippen molar-refractivity contribution in [1.29, 1.82) is 0 Å². The first-order valence-corrected chi connectivity index (χ1v) is 8.93. The lowest BCUT2D eigenvalue weighted by molar-refractivity contribution is -0.149. The van der Waals surface area contributed by atoms with Crippen molar-refractivity contribution in [1.82, 2.24) is 4.57 Å². The van der Waals surface area contributed by atoms with Crippen molar-refractivity contribution in [3.05, 3.63) is 64.4 Å². The van der Waals surface area contributed by atoms with Crippen LogP contribution in [-0.2, 0) is 14.3 Å². The standard InChI is InChI=1S/C22H23NO4/c1-6-26-20-17(12-14(4)23(20)16-10-8-7-9-11-16)15(5)19-18(13(2)3)21(24)27-22(19)25/h7-12H,6H2,1-5H3. The van der Waals surface area contributed by atoms with Crippen molar-refractivity contribution in [2.24, 2.45) is 0 Å². The second-order valence-electron chi connectivity index (χ2n) is 6.66. The van der Waals surface area contributed by atoms with Gasteiger partial charge in [0.1, 0.15) is 0 Å². The summed E-state index contributed by atoms with van der Waals surface area (Å²) in [6, 6.07) is 11.8. The van der Waals surface area contributed by atoms with E-state index in [0.717, 1.165) is 22.5 Å². The summed E-state index contributed by atoms with van der Waals surface area (Å²) in [5.74, 6) is -0.556. The maximum atomic E-state index is 12.4. The number of cyclic esters (lactones) is 2. The Labute approximate surface area is 158 Å². The average Bonchev–Trinajstić information content (AvgIpc) is 3.11. The van der Waals surface area contributed by atoms with Crippen molar-refractivity contribution in [3.63, 3.8) is 0 Å². The number of hydrogen-bond donors (Lipinski definition) is 0. The Bertz CT molecular complexity index is 973. The van der Waals surface area contributed by atoms with Gasteiger partial charge < -0.3 is 9.47 Å². The lowest BCUT2D eigenvalue weighted by Gasteiger charge is -2.14. The summed E-state index contributed by atoms with van der Waals surface area (Å²) in [5.41, 5.74) is 4.78. The minimum Gasteiger partial charge on any atom is -0.478 e. The van der Waals surface area contributed by atoms with E-state index in [9.17, 15) is 9.59 Å². The molecule has 5 nitrogen and oxygen atoms in total. The van der Waals surface area contributed by atoms with Gasteiger partial charge in [-0.1, -0.05) is 23.8 Å². The molecule has 2 heterocycles. The number of benzene rings is 1. The van der Waals surface area contributed by atoms with E-state index in [0.29, 0.717) is 29.2 Å². The maximum Gasteiger partial charge on any atom is 0.347 e. The first-order chi connectivity index (χ1) is 12.9. The van der Waals surface area contributed by atoms with E-state index in [1.165, 1.54) is 0 Å². The van der Waals surface area contributed by atoms with Crippen LogP contribution in [0.15, 0.2) is 53.1 Å². The Hall–Kier alpha value is -3.08. The number of carbonyl (C=O) groups excluding carboxylic acids is 2. The number of carbonyl (C=O) groups is 2. The van der Waals surface area contributed by atoms with Crippen molar-refractivity contribution in [2.75, 3.05) is 6.61 Å². The molecule has 1 aliphatic heterocycles. The molecule has 0 bridgehead atoms. The highest BCUT2D eigenvalue weighted by atomic mass is 16.6. The molecule has 0 unspecified atom stereocenters. The van der Waals surface area contributed by atoms with Crippen molar-refractivity contribution < 1.29 is 19.1 Å². The number of nitrogens with zero attached hydrogens (tertiary/aromatic N) is 1. The molecule has 0 saturated carbocycles. The Morgan fingerprint density at radius 1 is 1.04 bits per heavy atom. The van der Waals surface area contributed by atoms with Crippen LogP contribution in [-0.4, -0.2) is 23.1 Å². The first kappa shape index (κ1) is 18.7. The minimum atomic E-state index is -0.610. The second-order valence-corrected chi connectivity index (χ2v) is 6.66. The Kier molecular flexibility index (Phi) is 5.04. The van der Waals surface area contributed by atoms with E-state index in [4.69, 9.17) is 9.47 Å². The predicted octanol–water partition coefficient (Wildman–Crippen LogP) is 4.38. The summed E-state index contributed by atoms with van der Waals surface area (Å²) < 4.78 is 12.8. The molecule has 1 aromatic heterocycles.